The Morgan fingerprint density at radius 3 is 2.40 bits per heavy atom. The third kappa shape index (κ3) is 9.06. The van der Waals surface area contributed by atoms with Crippen molar-refractivity contribution in [2.45, 2.75) is 39.5 Å². The Bertz CT molecular complexity index is 65.0. The van der Waals surface area contributed by atoms with Crippen molar-refractivity contribution in [2.24, 2.45) is 5.92 Å². The van der Waals surface area contributed by atoms with E-state index in [1.54, 1.807) is 0 Å². The molecule has 0 nitrogen and oxygen atoms in total. The van der Waals surface area contributed by atoms with Crippen LogP contribution in [0.1, 0.15) is 42.4 Å². The van der Waals surface area contributed by atoms with Crippen LogP contribution >= 0.6 is 11.6 Å². The minimum atomic E-state index is 0. The first-order valence-electron chi connectivity index (χ1n) is 3.87. The molecule has 0 rings (SSSR count). The normalized spacial score (nSPS) is 12.3. The van der Waals surface area contributed by atoms with Gasteiger partial charge in [-0.05, 0) is 12.3 Å². The van der Waals surface area contributed by atoms with Crippen molar-refractivity contribution in [1.29, 1.82) is 0 Å². The molecule has 0 aromatic heterocycles. The van der Waals surface area contributed by atoms with Crippen molar-refractivity contribution in [2.75, 3.05) is 5.88 Å². The van der Waals surface area contributed by atoms with Crippen LogP contribution in [0.3, 0.4) is 0 Å². The molecule has 10 heavy (non-hydrogen) atoms. The second-order valence-corrected chi connectivity index (χ2v) is 3.08. The van der Waals surface area contributed by atoms with Gasteiger partial charge < -0.3 is 2.85 Å². The number of unbranched alkanes of at least 4 members (excludes halogenated alkanes) is 1. The minimum Gasteiger partial charge on any atom is -1.00 e. The van der Waals surface area contributed by atoms with Crippen molar-refractivity contribution >= 4 is 34.7 Å². The van der Waals surface area contributed by atoms with Crippen LogP contribution in [0.15, 0.2) is 0 Å². The summed E-state index contributed by atoms with van der Waals surface area (Å²) in [6, 6.07) is 0. The molecule has 0 fully saturated rings. The third-order valence-electron chi connectivity index (χ3n) is 1.78. The van der Waals surface area contributed by atoms with E-state index in [1.165, 1.54) is 25.7 Å². The second kappa shape index (κ2) is 10.1. The van der Waals surface area contributed by atoms with Gasteiger partial charge in [0.25, 0.3) is 0 Å². The van der Waals surface area contributed by atoms with E-state index in [0.717, 1.165) is 11.8 Å². The van der Waals surface area contributed by atoms with E-state index in [1.807, 2.05) is 0 Å². The summed E-state index contributed by atoms with van der Waals surface area (Å²) in [7, 11) is 0. The average molecular weight is 175 g/mol. The quantitative estimate of drug-likeness (QED) is 0.341. The molecule has 2 heteroatoms. The molecule has 0 aromatic rings. The van der Waals surface area contributed by atoms with E-state index in [4.69, 9.17) is 11.6 Å². The molecule has 0 aliphatic carbocycles. The van der Waals surface area contributed by atoms with Gasteiger partial charge in [-0.3, -0.25) is 0 Å². The molecule has 0 bridgehead atoms. The zero-order valence-electron chi connectivity index (χ0n) is 9.20. The summed E-state index contributed by atoms with van der Waals surface area (Å²) in [6.07, 6.45) is 5.15. The molecule has 0 spiro atoms. The maximum absolute atomic E-state index is 5.53. The predicted molar refractivity (Wildman–Crippen MR) is 52.0 cm³/mol. The summed E-state index contributed by atoms with van der Waals surface area (Å²) in [5, 5.41) is 0. The summed E-state index contributed by atoms with van der Waals surface area (Å²) in [5.74, 6) is 1.73. The molecule has 0 amide bonds. The van der Waals surface area contributed by atoms with E-state index < -0.39 is 0 Å². The van der Waals surface area contributed by atoms with E-state index in [0.29, 0.717) is 0 Å². The van der Waals surface area contributed by atoms with Gasteiger partial charge in [0.2, 0.25) is 0 Å². The number of rotatable bonds is 5. The van der Waals surface area contributed by atoms with Crippen LogP contribution in [0.2, 0.25) is 0 Å². The molecule has 0 radical (unpaired) electrons. The van der Waals surface area contributed by atoms with Crippen LogP contribution in [0.25, 0.3) is 0 Å². The van der Waals surface area contributed by atoms with Crippen LogP contribution in [0, 0.1) is 5.92 Å². The SMILES string of the molecule is CCC(C)CCCCCl.[H-].[H-].[Mg+2]. The molecular formula is C8H19ClMg. The van der Waals surface area contributed by atoms with Crippen molar-refractivity contribution < 1.29 is 2.85 Å². The number of hydrogen-bond acceptors (Lipinski definition) is 0. The first-order chi connectivity index (χ1) is 4.31. The van der Waals surface area contributed by atoms with Crippen LogP contribution in [-0.2, 0) is 0 Å². The topological polar surface area (TPSA) is 0 Å². The Labute approximate surface area is 88.8 Å². The molecule has 0 saturated carbocycles. The summed E-state index contributed by atoms with van der Waals surface area (Å²) < 4.78 is 0. The van der Waals surface area contributed by atoms with Crippen molar-refractivity contribution in [1.82, 2.24) is 0 Å². The van der Waals surface area contributed by atoms with E-state index in [-0.39, 0.29) is 25.9 Å². The smallest absolute Gasteiger partial charge is 1.00 e. The first kappa shape index (κ1) is 13.6. The molecule has 0 aromatic carbocycles. The van der Waals surface area contributed by atoms with Gasteiger partial charge in [-0.25, -0.2) is 0 Å². The monoisotopic (exact) mass is 174 g/mol. The molecule has 0 N–H and O–H groups in total. The Balaban J connectivity index is -0.000000107. The van der Waals surface area contributed by atoms with Crippen molar-refractivity contribution in [3.05, 3.63) is 0 Å². The Morgan fingerprint density at radius 2 is 2.00 bits per heavy atom. The number of alkyl halides is 1. The molecule has 1 unspecified atom stereocenters. The van der Waals surface area contributed by atoms with Crippen LogP contribution in [0.4, 0.5) is 0 Å². The summed E-state index contributed by atoms with van der Waals surface area (Å²) >= 11 is 5.53. The minimum absolute atomic E-state index is 0. The molecular weight excluding hydrogens is 156 g/mol. The molecule has 0 heterocycles. The number of halogens is 1. The molecule has 0 saturated heterocycles. The van der Waals surface area contributed by atoms with Gasteiger partial charge in [-0.15, -0.1) is 11.6 Å². The molecule has 0 aliphatic heterocycles. The van der Waals surface area contributed by atoms with E-state index in [2.05, 4.69) is 13.8 Å². The van der Waals surface area contributed by atoms with Gasteiger partial charge in [0.05, 0.1) is 0 Å². The fourth-order valence-electron chi connectivity index (χ4n) is 0.791. The van der Waals surface area contributed by atoms with Crippen molar-refractivity contribution in [3.8, 4) is 0 Å². The third-order valence-corrected chi connectivity index (χ3v) is 2.04. The van der Waals surface area contributed by atoms with E-state index in [9.17, 15) is 0 Å². The van der Waals surface area contributed by atoms with Gasteiger partial charge >= 0.3 is 23.1 Å². The second-order valence-electron chi connectivity index (χ2n) is 2.70. The first-order valence-corrected chi connectivity index (χ1v) is 4.40. The largest absolute Gasteiger partial charge is 2.00 e. The number of hydrogen-bond donors (Lipinski definition) is 0. The zero-order chi connectivity index (χ0) is 7.11. The maximum Gasteiger partial charge on any atom is 2.00 e. The maximum atomic E-state index is 5.53. The summed E-state index contributed by atoms with van der Waals surface area (Å²) in [5.41, 5.74) is 0. The average Bonchev–Trinajstić information content (AvgIpc) is 1.89. The summed E-state index contributed by atoms with van der Waals surface area (Å²) in [6.45, 7) is 4.54. The molecule has 60 valence electrons. The van der Waals surface area contributed by atoms with Gasteiger partial charge in [-0.1, -0.05) is 33.1 Å². The molecule has 1 atom stereocenters. The Morgan fingerprint density at radius 1 is 1.40 bits per heavy atom. The fourth-order valence-corrected chi connectivity index (χ4v) is 0.980. The van der Waals surface area contributed by atoms with Crippen molar-refractivity contribution in [3.63, 3.8) is 0 Å². The van der Waals surface area contributed by atoms with Gasteiger partial charge in [0.1, 0.15) is 0 Å². The Hall–Kier alpha value is 1.06. The van der Waals surface area contributed by atoms with E-state index >= 15 is 0 Å². The van der Waals surface area contributed by atoms with Gasteiger partial charge in [0, 0.05) is 5.88 Å². The van der Waals surface area contributed by atoms with Crippen LogP contribution < -0.4 is 0 Å². The zero-order valence-corrected chi connectivity index (χ0v) is 9.37. The standard InChI is InChI=1S/C8H17Cl.Mg.2H/c1-3-8(2)6-4-5-7-9;;;/h8H,3-7H2,1-2H3;;;/q;+2;2*-1. The predicted octanol–water partition coefficient (Wildman–Crippen LogP) is 3.29. The van der Waals surface area contributed by atoms with Crippen LogP contribution in [0.5, 0.6) is 0 Å². The summed E-state index contributed by atoms with van der Waals surface area (Å²) in [4.78, 5) is 0. The van der Waals surface area contributed by atoms with Gasteiger partial charge in [-0.2, -0.15) is 0 Å². The van der Waals surface area contributed by atoms with Crippen LogP contribution in [-0.4, -0.2) is 28.9 Å². The van der Waals surface area contributed by atoms with Gasteiger partial charge in [0.15, 0.2) is 0 Å². The molecule has 0 aliphatic rings. The Kier molecular flexibility index (Phi) is 13.7. The fraction of sp³-hybridized carbons (Fsp3) is 1.00.